The third-order valence-corrected chi connectivity index (χ3v) is 2.88. The van der Waals surface area contributed by atoms with E-state index in [4.69, 9.17) is 37.0 Å². The van der Waals surface area contributed by atoms with E-state index in [9.17, 15) is 14.4 Å². The van der Waals surface area contributed by atoms with Gasteiger partial charge in [-0.1, -0.05) is 0 Å². The van der Waals surface area contributed by atoms with Gasteiger partial charge >= 0.3 is 38.2 Å². The summed E-state index contributed by atoms with van der Waals surface area (Å²) >= 11 is -3.25. The molecule has 0 aliphatic rings. The van der Waals surface area contributed by atoms with Crippen molar-refractivity contribution in [1.29, 1.82) is 0 Å². The zero-order valence-corrected chi connectivity index (χ0v) is 16.9. The van der Waals surface area contributed by atoms with Crippen LogP contribution in [0.1, 0.15) is 0 Å². The van der Waals surface area contributed by atoms with E-state index in [-0.39, 0.29) is 36.1 Å². The number of nitrogens with two attached hydrogens (primary N) is 5. The topological polar surface area (TPSA) is 289 Å². The maximum Gasteiger partial charge on any atom is 2.00 e. The summed E-state index contributed by atoms with van der Waals surface area (Å²) < 4.78 is 13.6. The molecule has 15 nitrogen and oxygen atoms in total. The van der Waals surface area contributed by atoms with Gasteiger partial charge in [-0.15, -0.1) is 0 Å². The van der Waals surface area contributed by atoms with Crippen molar-refractivity contribution >= 4 is 68.0 Å². The minimum absolute atomic E-state index is 0. The molecular weight excluding hydrogens is 401 g/mol. The Morgan fingerprint density at radius 3 is 0.889 bits per heavy atom. The number of rotatable bonds is 8. The summed E-state index contributed by atoms with van der Waals surface area (Å²) in [5, 5.41) is 18.3. The Morgan fingerprint density at radius 2 is 0.778 bits per heavy atom. The average molecular weight is 422 g/mol. The van der Waals surface area contributed by atoms with Gasteiger partial charge in [0.15, 0.2) is 0 Å². The van der Waals surface area contributed by atoms with Crippen molar-refractivity contribution in [3.63, 3.8) is 0 Å². The van der Waals surface area contributed by atoms with Crippen LogP contribution >= 0.6 is 0 Å². The normalized spacial score (nSPS) is 8.19. The summed E-state index contributed by atoms with van der Waals surface area (Å²) in [6.45, 7) is -2.06. The van der Waals surface area contributed by atoms with Crippen LogP contribution in [0.25, 0.3) is 0 Å². The molecule has 0 saturated heterocycles. The van der Waals surface area contributed by atoms with Crippen LogP contribution in [0.15, 0.2) is 0 Å². The van der Waals surface area contributed by atoms with E-state index in [2.05, 4.69) is 22.8 Å². The number of carbonyl (C=O) groups excluding carboxylic acids is 5. The minimum atomic E-state index is -3.25. The molecule has 0 aromatic carbocycles. The van der Waals surface area contributed by atoms with E-state index in [1.54, 1.807) is 0 Å². The van der Waals surface area contributed by atoms with Crippen LogP contribution in [0.2, 0.25) is 0 Å². The van der Waals surface area contributed by atoms with E-state index >= 15 is 0 Å². The van der Waals surface area contributed by atoms with Crippen molar-refractivity contribution in [3.8, 4) is 0 Å². The van der Waals surface area contributed by atoms with Crippen LogP contribution in [-0.4, -0.2) is 101 Å². The molecule has 0 amide bonds. The molecular formula is C10H20AlMgN5O10. The van der Waals surface area contributed by atoms with Gasteiger partial charge in [0.25, 0.3) is 17.9 Å². The molecule has 0 bridgehead atoms. The van der Waals surface area contributed by atoms with E-state index in [1.807, 2.05) is 0 Å². The summed E-state index contributed by atoms with van der Waals surface area (Å²) in [6, 6.07) is 0. The number of carboxylic acids is 2. The number of carboxylic acid groups (broad SMARTS) is 2. The smallest absolute Gasteiger partial charge is 0.550 e. The molecule has 0 saturated carbocycles. The predicted octanol–water partition coefficient (Wildman–Crippen LogP) is -8.51. The number of hydrogen-bond acceptors (Lipinski definition) is 15. The number of hydrogen-bond donors (Lipinski definition) is 5. The van der Waals surface area contributed by atoms with Crippen LogP contribution in [0.5, 0.6) is 0 Å². The molecule has 27 heavy (non-hydrogen) atoms. The Labute approximate surface area is 175 Å². The molecule has 0 spiro atoms. The third-order valence-electron chi connectivity index (χ3n) is 1.52. The Bertz CT molecular complexity index is 413. The molecule has 0 radical (unpaired) electrons. The second kappa shape index (κ2) is 22.5. The number of aliphatic carboxylic acids is 2. The van der Waals surface area contributed by atoms with Gasteiger partial charge in [0.1, 0.15) is 0 Å². The first kappa shape index (κ1) is 33.1. The van der Waals surface area contributed by atoms with Crippen molar-refractivity contribution < 1.29 is 45.6 Å². The van der Waals surface area contributed by atoms with Gasteiger partial charge in [-0.05, 0) is 0 Å². The van der Waals surface area contributed by atoms with Gasteiger partial charge in [0, 0.05) is 13.1 Å². The summed E-state index contributed by atoms with van der Waals surface area (Å²) in [5.74, 6) is -5.00. The summed E-state index contributed by atoms with van der Waals surface area (Å²) in [4.78, 5) is 50.7. The second-order valence-electron chi connectivity index (χ2n) is 3.52. The van der Waals surface area contributed by atoms with Crippen molar-refractivity contribution in [2.24, 2.45) is 28.7 Å². The quantitative estimate of drug-likeness (QED) is 0.227. The van der Waals surface area contributed by atoms with Crippen LogP contribution in [0, 0.1) is 0 Å². The zero-order valence-electron chi connectivity index (χ0n) is 14.3. The molecule has 10 N–H and O–H groups in total. The maximum absolute atomic E-state index is 10.8. The molecule has 17 heteroatoms. The first-order valence-corrected chi connectivity index (χ1v) is 7.97. The molecule has 150 valence electrons. The van der Waals surface area contributed by atoms with Crippen LogP contribution < -0.4 is 38.9 Å². The molecule has 0 heterocycles. The monoisotopic (exact) mass is 421 g/mol. The van der Waals surface area contributed by atoms with Gasteiger partial charge in [-0.2, -0.15) is 0 Å². The summed E-state index contributed by atoms with van der Waals surface area (Å²) in [6.07, 6.45) is 0. The van der Waals surface area contributed by atoms with Gasteiger partial charge in [-0.3, -0.25) is 14.4 Å². The molecule has 0 unspecified atom stereocenters. The minimum Gasteiger partial charge on any atom is -0.550 e. The molecule has 0 atom stereocenters. The Kier molecular flexibility index (Phi) is 27.5. The van der Waals surface area contributed by atoms with Gasteiger partial charge in [0.2, 0.25) is 0 Å². The van der Waals surface area contributed by atoms with E-state index in [1.165, 1.54) is 0 Å². The standard InChI is InChI=1S/5C2H5NO2.Al.Mg/c5*3-1-2(4)5;;/h5*1,3H2,(H,4,5);;/q;;;;;+3;+2/p-5. The Balaban J connectivity index is -0.000000199. The average Bonchev–Trinajstić information content (AvgIpc) is 2.61. The van der Waals surface area contributed by atoms with Gasteiger partial charge in [0.05, 0.1) is 31.6 Å². The van der Waals surface area contributed by atoms with Crippen LogP contribution in [-0.2, 0) is 35.3 Å². The van der Waals surface area contributed by atoms with Crippen LogP contribution in [0.3, 0.4) is 0 Å². The molecule has 0 rings (SSSR count). The fourth-order valence-corrected chi connectivity index (χ4v) is 1.62. The largest absolute Gasteiger partial charge is 2.00 e. The fourth-order valence-electron chi connectivity index (χ4n) is 0.538. The Morgan fingerprint density at radius 1 is 0.593 bits per heavy atom. The summed E-state index contributed by atoms with van der Waals surface area (Å²) in [5.41, 5.74) is 23.9. The summed E-state index contributed by atoms with van der Waals surface area (Å²) in [7, 11) is 0. The van der Waals surface area contributed by atoms with Gasteiger partial charge < -0.3 is 59.8 Å². The van der Waals surface area contributed by atoms with E-state index < -0.39 is 64.6 Å². The van der Waals surface area contributed by atoms with Crippen LogP contribution in [0.4, 0.5) is 0 Å². The molecule has 0 aliphatic heterocycles. The first-order chi connectivity index (χ1) is 12.1. The molecule has 0 aromatic rings. The van der Waals surface area contributed by atoms with Crippen molar-refractivity contribution in [2.45, 2.75) is 0 Å². The predicted molar refractivity (Wildman–Crippen MR) is 85.1 cm³/mol. The van der Waals surface area contributed by atoms with Crippen molar-refractivity contribution in [1.82, 2.24) is 0 Å². The van der Waals surface area contributed by atoms with Crippen molar-refractivity contribution in [3.05, 3.63) is 0 Å². The SMILES string of the molecule is NCC(=O)[O-].NCC(=O)[O-].NCC(=O)[O][Al]([O]C(=O)CN)[O]C(=O)CN.[Mg+2]. The zero-order chi connectivity index (χ0) is 21.1. The first-order valence-electron chi connectivity index (χ1n) is 6.56. The fraction of sp³-hybridized carbons (Fsp3) is 0.500. The van der Waals surface area contributed by atoms with E-state index in [0.717, 1.165) is 0 Å². The second-order valence-corrected chi connectivity index (χ2v) is 4.81. The maximum atomic E-state index is 10.8. The molecule has 0 aliphatic carbocycles. The Hall–Kier alpha value is -1.55. The third kappa shape index (κ3) is 29.5. The molecule has 0 fully saturated rings. The van der Waals surface area contributed by atoms with E-state index in [0.29, 0.717) is 0 Å². The van der Waals surface area contributed by atoms with Gasteiger partial charge in [-0.25, -0.2) is 0 Å². The number of carbonyl (C=O) groups is 5. The molecule has 0 aromatic heterocycles. The van der Waals surface area contributed by atoms with Crippen molar-refractivity contribution in [2.75, 3.05) is 32.7 Å².